The number of carboxylic acids is 1. The molecule has 1 aliphatic heterocycles. The van der Waals surface area contributed by atoms with Crippen molar-refractivity contribution >= 4 is 23.6 Å². The van der Waals surface area contributed by atoms with Crippen molar-refractivity contribution in [2.75, 3.05) is 13.1 Å². The van der Waals surface area contributed by atoms with Gasteiger partial charge in [-0.1, -0.05) is 17.7 Å². The molecule has 2 rings (SSSR count). The number of nitrogens with one attached hydrogen (secondary N) is 1. The molecule has 2 N–H and O–H groups in total. The summed E-state index contributed by atoms with van der Waals surface area (Å²) < 4.78 is 13.8. The third kappa shape index (κ3) is 3.44. The SMILES string of the molecule is CC(NC(=O)N1CCC(C(=O)O)C1)c1c(F)cccc1Cl. The van der Waals surface area contributed by atoms with Gasteiger partial charge in [-0.15, -0.1) is 0 Å². The predicted octanol–water partition coefficient (Wildman–Crippen LogP) is 2.66. The molecule has 7 heteroatoms. The number of aliphatic carboxylic acids is 1. The quantitative estimate of drug-likeness (QED) is 0.901. The molecular formula is C14H16ClFN2O3. The molecule has 114 valence electrons. The average molecular weight is 315 g/mol. The first-order chi connectivity index (χ1) is 9.90. The highest BCUT2D eigenvalue weighted by Gasteiger charge is 2.31. The number of likely N-dealkylation sites (tertiary alicyclic amines) is 1. The number of hydrogen-bond acceptors (Lipinski definition) is 2. The lowest BCUT2D eigenvalue weighted by Crippen LogP contribution is -2.40. The second-order valence-electron chi connectivity index (χ2n) is 5.08. The number of halogens is 2. The van der Waals surface area contributed by atoms with Crippen LogP contribution >= 0.6 is 11.6 Å². The molecule has 5 nitrogen and oxygen atoms in total. The highest BCUT2D eigenvalue weighted by atomic mass is 35.5. The summed E-state index contributed by atoms with van der Waals surface area (Å²) >= 11 is 5.95. The van der Waals surface area contributed by atoms with E-state index in [1.54, 1.807) is 13.0 Å². The number of carbonyl (C=O) groups is 2. The molecule has 0 aliphatic carbocycles. The summed E-state index contributed by atoms with van der Waals surface area (Å²) in [6.07, 6.45) is 0.428. The zero-order valence-corrected chi connectivity index (χ0v) is 12.2. The third-order valence-corrected chi connectivity index (χ3v) is 3.93. The van der Waals surface area contributed by atoms with Crippen molar-refractivity contribution in [3.8, 4) is 0 Å². The summed E-state index contributed by atoms with van der Waals surface area (Å²) in [4.78, 5) is 24.4. The van der Waals surface area contributed by atoms with Crippen LogP contribution in [0.15, 0.2) is 18.2 Å². The molecule has 2 amide bonds. The molecule has 0 radical (unpaired) electrons. The minimum atomic E-state index is -0.907. The van der Waals surface area contributed by atoms with Gasteiger partial charge < -0.3 is 15.3 Å². The van der Waals surface area contributed by atoms with Crippen molar-refractivity contribution in [3.05, 3.63) is 34.6 Å². The number of rotatable bonds is 3. The Kier molecular flexibility index (Phi) is 4.67. The lowest BCUT2D eigenvalue weighted by molar-refractivity contribution is -0.141. The predicted molar refractivity (Wildman–Crippen MR) is 75.7 cm³/mol. The minimum Gasteiger partial charge on any atom is -0.481 e. The van der Waals surface area contributed by atoms with E-state index in [2.05, 4.69) is 5.32 Å². The summed E-state index contributed by atoms with van der Waals surface area (Å²) in [6, 6.07) is 3.31. The molecule has 0 aromatic heterocycles. The second kappa shape index (κ2) is 6.30. The standard InChI is InChI=1S/C14H16ClFN2O3/c1-8(12-10(15)3-2-4-11(12)16)17-14(21)18-6-5-9(7-18)13(19)20/h2-4,8-9H,5-7H2,1H3,(H,17,21)(H,19,20). The first kappa shape index (κ1) is 15.6. The van der Waals surface area contributed by atoms with E-state index >= 15 is 0 Å². The van der Waals surface area contributed by atoms with E-state index in [-0.39, 0.29) is 17.1 Å². The number of hydrogen-bond donors (Lipinski definition) is 2. The summed E-state index contributed by atoms with van der Waals surface area (Å²) in [5, 5.41) is 11.8. The third-order valence-electron chi connectivity index (χ3n) is 3.60. The van der Waals surface area contributed by atoms with Crippen LogP contribution in [-0.2, 0) is 4.79 Å². The maximum Gasteiger partial charge on any atom is 0.317 e. The van der Waals surface area contributed by atoms with Gasteiger partial charge >= 0.3 is 12.0 Å². The van der Waals surface area contributed by atoms with Crippen LogP contribution in [0.2, 0.25) is 5.02 Å². The smallest absolute Gasteiger partial charge is 0.317 e. The minimum absolute atomic E-state index is 0.166. The van der Waals surface area contributed by atoms with Gasteiger partial charge in [-0.05, 0) is 25.5 Å². The molecular weight excluding hydrogens is 299 g/mol. The summed E-state index contributed by atoms with van der Waals surface area (Å²) in [7, 11) is 0. The number of carbonyl (C=O) groups excluding carboxylic acids is 1. The molecule has 1 fully saturated rings. The molecule has 0 spiro atoms. The molecule has 0 bridgehead atoms. The number of carboxylic acid groups (broad SMARTS) is 1. The van der Waals surface area contributed by atoms with Crippen LogP contribution in [0, 0.1) is 11.7 Å². The van der Waals surface area contributed by atoms with E-state index in [0.29, 0.717) is 13.0 Å². The van der Waals surface area contributed by atoms with Crippen molar-refractivity contribution < 1.29 is 19.1 Å². The van der Waals surface area contributed by atoms with E-state index in [1.165, 1.54) is 17.0 Å². The van der Waals surface area contributed by atoms with Crippen LogP contribution in [0.3, 0.4) is 0 Å². The Morgan fingerprint density at radius 1 is 1.52 bits per heavy atom. The van der Waals surface area contributed by atoms with Gasteiger partial charge in [-0.3, -0.25) is 4.79 Å². The van der Waals surface area contributed by atoms with Gasteiger partial charge in [0.15, 0.2) is 0 Å². The fraction of sp³-hybridized carbons (Fsp3) is 0.429. The molecule has 1 aromatic rings. The number of urea groups is 1. The van der Waals surface area contributed by atoms with Crippen LogP contribution in [0.1, 0.15) is 24.9 Å². The molecule has 1 aromatic carbocycles. The van der Waals surface area contributed by atoms with Crippen LogP contribution in [0.25, 0.3) is 0 Å². The maximum atomic E-state index is 13.8. The Hall–Kier alpha value is -1.82. The zero-order valence-electron chi connectivity index (χ0n) is 11.5. The Labute approximate surface area is 126 Å². The monoisotopic (exact) mass is 314 g/mol. The van der Waals surface area contributed by atoms with E-state index in [1.807, 2.05) is 0 Å². The van der Waals surface area contributed by atoms with Crippen molar-refractivity contribution in [3.63, 3.8) is 0 Å². The molecule has 2 atom stereocenters. The van der Waals surface area contributed by atoms with Crippen LogP contribution in [-0.4, -0.2) is 35.1 Å². The average Bonchev–Trinajstić information content (AvgIpc) is 2.88. The van der Waals surface area contributed by atoms with Crippen molar-refractivity contribution in [2.24, 2.45) is 5.92 Å². The van der Waals surface area contributed by atoms with E-state index in [0.717, 1.165) is 0 Å². The Morgan fingerprint density at radius 3 is 2.81 bits per heavy atom. The van der Waals surface area contributed by atoms with Gasteiger partial charge in [0, 0.05) is 23.7 Å². The highest BCUT2D eigenvalue weighted by Crippen LogP contribution is 2.26. The molecule has 0 saturated carbocycles. The van der Waals surface area contributed by atoms with E-state index < -0.39 is 29.8 Å². The molecule has 21 heavy (non-hydrogen) atoms. The Bertz CT molecular complexity index is 547. The molecule has 1 saturated heterocycles. The van der Waals surface area contributed by atoms with Crippen molar-refractivity contribution in [1.82, 2.24) is 10.2 Å². The lowest BCUT2D eigenvalue weighted by Gasteiger charge is -2.22. The van der Waals surface area contributed by atoms with Crippen molar-refractivity contribution in [1.29, 1.82) is 0 Å². The number of benzene rings is 1. The first-order valence-electron chi connectivity index (χ1n) is 6.62. The van der Waals surface area contributed by atoms with Crippen LogP contribution in [0.4, 0.5) is 9.18 Å². The van der Waals surface area contributed by atoms with Gasteiger partial charge in [-0.2, -0.15) is 0 Å². The van der Waals surface area contributed by atoms with Gasteiger partial charge in [0.05, 0.1) is 12.0 Å². The topological polar surface area (TPSA) is 69.6 Å². The van der Waals surface area contributed by atoms with Crippen molar-refractivity contribution in [2.45, 2.75) is 19.4 Å². The van der Waals surface area contributed by atoms with Crippen LogP contribution < -0.4 is 5.32 Å². The molecule has 1 heterocycles. The molecule has 2 unspecified atom stereocenters. The largest absolute Gasteiger partial charge is 0.481 e. The normalized spacial score (nSPS) is 19.4. The van der Waals surface area contributed by atoms with Gasteiger partial charge in [0.25, 0.3) is 0 Å². The zero-order chi connectivity index (χ0) is 15.6. The Morgan fingerprint density at radius 2 is 2.24 bits per heavy atom. The van der Waals surface area contributed by atoms with Gasteiger partial charge in [-0.25, -0.2) is 9.18 Å². The lowest BCUT2D eigenvalue weighted by atomic mass is 10.1. The molecule has 1 aliphatic rings. The number of amides is 2. The van der Waals surface area contributed by atoms with E-state index in [4.69, 9.17) is 16.7 Å². The first-order valence-corrected chi connectivity index (χ1v) is 7.00. The summed E-state index contributed by atoms with van der Waals surface area (Å²) in [5.41, 5.74) is 0.224. The maximum absolute atomic E-state index is 13.8. The highest BCUT2D eigenvalue weighted by molar-refractivity contribution is 6.31. The summed E-state index contributed by atoms with van der Waals surface area (Å²) in [6.45, 7) is 2.17. The Balaban J connectivity index is 2.02. The fourth-order valence-corrected chi connectivity index (χ4v) is 2.75. The van der Waals surface area contributed by atoms with Gasteiger partial charge in [0.2, 0.25) is 0 Å². The fourth-order valence-electron chi connectivity index (χ4n) is 2.42. The van der Waals surface area contributed by atoms with E-state index in [9.17, 15) is 14.0 Å². The number of nitrogens with zero attached hydrogens (tertiary/aromatic N) is 1. The second-order valence-corrected chi connectivity index (χ2v) is 5.48. The summed E-state index contributed by atoms with van der Waals surface area (Å²) in [5.74, 6) is -1.93. The van der Waals surface area contributed by atoms with Gasteiger partial charge in [0.1, 0.15) is 5.82 Å². The van der Waals surface area contributed by atoms with Crippen LogP contribution in [0.5, 0.6) is 0 Å².